The summed E-state index contributed by atoms with van der Waals surface area (Å²) in [6.45, 7) is 5.62. The molecule has 1 aromatic rings. The zero-order chi connectivity index (χ0) is 12.8. The monoisotopic (exact) mass is 254 g/mol. The van der Waals surface area contributed by atoms with Crippen LogP contribution in [0.15, 0.2) is 6.20 Å². The summed E-state index contributed by atoms with van der Waals surface area (Å²) in [7, 11) is 0. The Kier molecular flexibility index (Phi) is 5.10. The third-order valence-corrected chi connectivity index (χ3v) is 3.38. The highest BCUT2D eigenvalue weighted by Gasteiger charge is 2.23. The van der Waals surface area contributed by atoms with Gasteiger partial charge in [0.25, 0.3) is 0 Å². The Hall–Kier alpha value is -0.980. The van der Waals surface area contributed by atoms with Gasteiger partial charge in [-0.15, -0.1) is 5.10 Å². The standard InChI is InChI=1S/C12H22N4O2/c1-10-11(3-6-18-10)7-13-8-12-9-16(15-14-12)4-2-5-17/h9-11,13,17H,2-8H2,1H3. The molecular weight excluding hydrogens is 232 g/mol. The second-order valence-electron chi connectivity index (χ2n) is 4.81. The lowest BCUT2D eigenvalue weighted by Gasteiger charge is -2.13. The maximum atomic E-state index is 8.74. The van der Waals surface area contributed by atoms with Gasteiger partial charge >= 0.3 is 0 Å². The van der Waals surface area contributed by atoms with E-state index in [0.29, 0.717) is 18.4 Å². The van der Waals surface area contributed by atoms with Crippen molar-refractivity contribution in [3.63, 3.8) is 0 Å². The summed E-state index contributed by atoms with van der Waals surface area (Å²) in [5, 5.41) is 20.2. The number of nitrogens with one attached hydrogen (secondary N) is 1. The third kappa shape index (κ3) is 3.76. The molecule has 0 saturated carbocycles. The summed E-state index contributed by atoms with van der Waals surface area (Å²) >= 11 is 0. The lowest BCUT2D eigenvalue weighted by Crippen LogP contribution is -2.26. The van der Waals surface area contributed by atoms with Crippen LogP contribution in [0.5, 0.6) is 0 Å². The summed E-state index contributed by atoms with van der Waals surface area (Å²) < 4.78 is 7.29. The Labute approximate surface area is 107 Å². The van der Waals surface area contributed by atoms with Gasteiger partial charge in [0.15, 0.2) is 0 Å². The fourth-order valence-electron chi connectivity index (χ4n) is 2.19. The summed E-state index contributed by atoms with van der Waals surface area (Å²) in [6.07, 6.45) is 4.14. The first kappa shape index (κ1) is 13.5. The van der Waals surface area contributed by atoms with Gasteiger partial charge in [-0.1, -0.05) is 5.21 Å². The molecule has 18 heavy (non-hydrogen) atoms. The lowest BCUT2D eigenvalue weighted by atomic mass is 10.0. The molecule has 0 aliphatic carbocycles. The van der Waals surface area contributed by atoms with E-state index in [9.17, 15) is 0 Å². The molecule has 1 aliphatic rings. The van der Waals surface area contributed by atoms with Crippen LogP contribution >= 0.6 is 0 Å². The molecule has 2 heterocycles. The van der Waals surface area contributed by atoms with Gasteiger partial charge in [-0.05, 0) is 25.7 Å². The molecule has 6 nitrogen and oxygen atoms in total. The van der Waals surface area contributed by atoms with Crippen molar-refractivity contribution in [1.82, 2.24) is 20.3 Å². The highest BCUT2D eigenvalue weighted by Crippen LogP contribution is 2.19. The van der Waals surface area contributed by atoms with Crippen molar-refractivity contribution in [2.75, 3.05) is 19.8 Å². The largest absolute Gasteiger partial charge is 0.396 e. The molecule has 1 aliphatic heterocycles. The van der Waals surface area contributed by atoms with Crippen LogP contribution in [-0.4, -0.2) is 46.0 Å². The second-order valence-corrected chi connectivity index (χ2v) is 4.81. The first-order valence-corrected chi connectivity index (χ1v) is 6.62. The second kappa shape index (κ2) is 6.82. The normalized spacial score (nSPS) is 23.7. The van der Waals surface area contributed by atoms with E-state index in [1.807, 2.05) is 6.20 Å². The van der Waals surface area contributed by atoms with Crippen molar-refractivity contribution in [3.8, 4) is 0 Å². The van der Waals surface area contributed by atoms with Crippen LogP contribution in [-0.2, 0) is 17.8 Å². The van der Waals surface area contributed by atoms with E-state index >= 15 is 0 Å². The number of hydrogen-bond donors (Lipinski definition) is 2. The summed E-state index contributed by atoms with van der Waals surface area (Å²) in [5.41, 5.74) is 0.944. The average Bonchev–Trinajstić information content (AvgIpc) is 2.97. The average molecular weight is 254 g/mol. The van der Waals surface area contributed by atoms with Crippen molar-refractivity contribution < 1.29 is 9.84 Å². The molecule has 0 aromatic carbocycles. The van der Waals surface area contributed by atoms with E-state index < -0.39 is 0 Å². The minimum absolute atomic E-state index is 0.188. The Bertz CT molecular complexity index is 356. The summed E-state index contributed by atoms with van der Waals surface area (Å²) in [5.74, 6) is 0.606. The van der Waals surface area contributed by atoms with E-state index in [4.69, 9.17) is 9.84 Å². The van der Waals surface area contributed by atoms with Gasteiger partial charge in [-0.2, -0.15) is 0 Å². The smallest absolute Gasteiger partial charge is 0.0964 e. The highest BCUT2D eigenvalue weighted by atomic mass is 16.5. The lowest BCUT2D eigenvalue weighted by molar-refractivity contribution is 0.105. The number of aliphatic hydroxyl groups excluding tert-OH is 1. The molecular formula is C12H22N4O2. The Morgan fingerprint density at radius 1 is 1.61 bits per heavy atom. The minimum Gasteiger partial charge on any atom is -0.396 e. The van der Waals surface area contributed by atoms with Crippen molar-refractivity contribution >= 4 is 0 Å². The molecule has 0 radical (unpaired) electrons. The van der Waals surface area contributed by atoms with E-state index in [1.54, 1.807) is 4.68 Å². The van der Waals surface area contributed by atoms with Gasteiger partial charge in [0, 0.05) is 39.0 Å². The van der Waals surface area contributed by atoms with Gasteiger partial charge in [0.05, 0.1) is 11.8 Å². The molecule has 0 bridgehead atoms. The van der Waals surface area contributed by atoms with Gasteiger partial charge in [0.1, 0.15) is 0 Å². The molecule has 1 aromatic heterocycles. The first-order chi connectivity index (χ1) is 8.79. The predicted molar refractivity (Wildman–Crippen MR) is 67.0 cm³/mol. The quantitative estimate of drug-likeness (QED) is 0.726. The molecule has 2 rings (SSSR count). The fraction of sp³-hybridized carbons (Fsp3) is 0.833. The van der Waals surface area contributed by atoms with E-state index in [1.165, 1.54) is 0 Å². The first-order valence-electron chi connectivity index (χ1n) is 6.62. The number of rotatable bonds is 7. The van der Waals surface area contributed by atoms with Gasteiger partial charge in [0.2, 0.25) is 0 Å². The summed E-state index contributed by atoms with van der Waals surface area (Å²) in [6, 6.07) is 0. The van der Waals surface area contributed by atoms with Crippen LogP contribution in [0.1, 0.15) is 25.5 Å². The molecule has 102 valence electrons. The molecule has 1 saturated heterocycles. The molecule has 2 N–H and O–H groups in total. The number of nitrogens with zero attached hydrogens (tertiary/aromatic N) is 3. The van der Waals surface area contributed by atoms with Crippen molar-refractivity contribution in [2.45, 2.75) is 39.0 Å². The van der Waals surface area contributed by atoms with Crippen LogP contribution in [0.25, 0.3) is 0 Å². The van der Waals surface area contributed by atoms with Gasteiger partial charge in [-0.25, -0.2) is 0 Å². The molecule has 6 heteroatoms. The van der Waals surface area contributed by atoms with E-state index in [-0.39, 0.29) is 6.61 Å². The maximum absolute atomic E-state index is 8.74. The Balaban J connectivity index is 1.68. The van der Waals surface area contributed by atoms with Crippen molar-refractivity contribution in [2.24, 2.45) is 5.92 Å². The third-order valence-electron chi connectivity index (χ3n) is 3.38. The SMILES string of the molecule is CC1OCCC1CNCc1cn(CCCO)nn1. The predicted octanol–water partition coefficient (Wildman–Crippen LogP) is 0.175. The van der Waals surface area contributed by atoms with E-state index in [2.05, 4.69) is 22.6 Å². The fourth-order valence-corrected chi connectivity index (χ4v) is 2.19. The maximum Gasteiger partial charge on any atom is 0.0964 e. The number of aryl methyl sites for hydroxylation is 1. The molecule has 2 unspecified atom stereocenters. The van der Waals surface area contributed by atoms with Crippen molar-refractivity contribution in [1.29, 1.82) is 0 Å². The van der Waals surface area contributed by atoms with Crippen LogP contribution in [0.4, 0.5) is 0 Å². The number of aromatic nitrogens is 3. The van der Waals surface area contributed by atoms with E-state index in [0.717, 1.165) is 38.4 Å². The summed E-state index contributed by atoms with van der Waals surface area (Å²) in [4.78, 5) is 0. The molecule has 2 atom stereocenters. The van der Waals surface area contributed by atoms with Crippen LogP contribution in [0, 0.1) is 5.92 Å². The topological polar surface area (TPSA) is 72.2 Å². The van der Waals surface area contributed by atoms with Crippen LogP contribution < -0.4 is 5.32 Å². The van der Waals surface area contributed by atoms with Gasteiger partial charge < -0.3 is 15.2 Å². The Morgan fingerprint density at radius 3 is 3.22 bits per heavy atom. The molecule has 0 spiro atoms. The Morgan fingerprint density at radius 2 is 2.50 bits per heavy atom. The molecule has 0 amide bonds. The highest BCUT2D eigenvalue weighted by molar-refractivity contribution is 4.91. The zero-order valence-electron chi connectivity index (χ0n) is 10.9. The van der Waals surface area contributed by atoms with Crippen molar-refractivity contribution in [3.05, 3.63) is 11.9 Å². The minimum atomic E-state index is 0.188. The van der Waals surface area contributed by atoms with Crippen LogP contribution in [0.3, 0.4) is 0 Å². The van der Waals surface area contributed by atoms with Crippen LogP contribution in [0.2, 0.25) is 0 Å². The number of ether oxygens (including phenoxy) is 1. The van der Waals surface area contributed by atoms with Gasteiger partial charge in [-0.3, -0.25) is 4.68 Å². The number of hydrogen-bond acceptors (Lipinski definition) is 5. The molecule has 1 fully saturated rings. The number of aliphatic hydroxyl groups is 1. The zero-order valence-corrected chi connectivity index (χ0v) is 10.9.